The van der Waals surface area contributed by atoms with Crippen LogP contribution in [0.3, 0.4) is 0 Å². The van der Waals surface area contributed by atoms with Crippen molar-refractivity contribution in [1.82, 2.24) is 5.32 Å². The van der Waals surface area contributed by atoms with E-state index in [0.29, 0.717) is 24.6 Å². The van der Waals surface area contributed by atoms with E-state index < -0.39 is 10.0 Å². The van der Waals surface area contributed by atoms with Gasteiger partial charge in [0.1, 0.15) is 5.76 Å². The van der Waals surface area contributed by atoms with E-state index in [1.165, 1.54) is 6.07 Å². The van der Waals surface area contributed by atoms with Gasteiger partial charge in [0, 0.05) is 12.8 Å². The summed E-state index contributed by atoms with van der Waals surface area (Å²) in [6, 6.07) is 10.1. The first kappa shape index (κ1) is 15.6. The van der Waals surface area contributed by atoms with Gasteiger partial charge in [0.2, 0.25) is 5.09 Å². The molecule has 0 radical (unpaired) electrons. The number of methoxy groups -OCH3 is 1. The second-order valence-corrected chi connectivity index (χ2v) is 6.10. The lowest BCUT2D eigenvalue weighted by atomic mass is 10.2. The van der Waals surface area contributed by atoms with Crippen molar-refractivity contribution in [3.8, 4) is 0 Å². The average molecular weight is 310 g/mol. The molecule has 2 rings (SSSR count). The lowest BCUT2D eigenvalue weighted by molar-refractivity contribution is 0.185. The van der Waals surface area contributed by atoms with E-state index in [2.05, 4.69) is 10.0 Å². The second kappa shape index (κ2) is 6.75. The van der Waals surface area contributed by atoms with Crippen LogP contribution in [0, 0.1) is 0 Å². The Kier molecular flexibility index (Phi) is 5.00. The minimum absolute atomic E-state index is 0.107. The Hall–Kier alpha value is -1.83. The fraction of sp³-hybridized carbons (Fsp3) is 0.286. The molecule has 0 atom stereocenters. The average Bonchev–Trinajstić information content (AvgIpc) is 2.89. The molecule has 21 heavy (non-hydrogen) atoms. The Bertz CT molecular complexity index is 695. The number of furan rings is 1. The quantitative estimate of drug-likeness (QED) is 0.817. The van der Waals surface area contributed by atoms with Crippen LogP contribution in [0.25, 0.3) is 0 Å². The predicted molar refractivity (Wildman–Crippen MR) is 79.4 cm³/mol. The van der Waals surface area contributed by atoms with Gasteiger partial charge in [-0.3, -0.25) is 4.72 Å². The second-order valence-electron chi connectivity index (χ2n) is 4.49. The maximum Gasteiger partial charge on any atom is 0.295 e. The number of rotatable bonds is 7. The minimum Gasteiger partial charge on any atom is -0.446 e. The topological polar surface area (TPSA) is 80.6 Å². The summed E-state index contributed by atoms with van der Waals surface area (Å²) in [4.78, 5) is 0. The number of anilines is 1. The zero-order chi connectivity index (χ0) is 15.3. The van der Waals surface area contributed by atoms with Gasteiger partial charge in [-0.2, -0.15) is 8.42 Å². The highest BCUT2D eigenvalue weighted by molar-refractivity contribution is 7.92. The Morgan fingerprint density at radius 1 is 1.24 bits per heavy atom. The van der Waals surface area contributed by atoms with Crippen LogP contribution in [0.1, 0.15) is 11.3 Å². The van der Waals surface area contributed by atoms with Crippen LogP contribution in [0.2, 0.25) is 0 Å². The molecular formula is C14H18N2O4S. The Morgan fingerprint density at radius 3 is 2.76 bits per heavy atom. The summed E-state index contributed by atoms with van der Waals surface area (Å²) in [6.07, 6.45) is 0. The van der Waals surface area contributed by atoms with E-state index >= 15 is 0 Å². The first-order valence-electron chi connectivity index (χ1n) is 6.39. The lowest BCUT2D eigenvalue weighted by Gasteiger charge is -2.07. The molecule has 2 N–H and O–H groups in total. The van der Waals surface area contributed by atoms with Crippen LogP contribution in [-0.2, 0) is 27.9 Å². The SMILES string of the molecule is CNCc1ccc(S(=O)(=O)Nc2cccc(COC)c2)o1. The van der Waals surface area contributed by atoms with Gasteiger partial charge in [-0.1, -0.05) is 12.1 Å². The molecule has 1 heterocycles. The highest BCUT2D eigenvalue weighted by Crippen LogP contribution is 2.19. The van der Waals surface area contributed by atoms with Gasteiger partial charge in [-0.05, 0) is 36.9 Å². The molecule has 0 fully saturated rings. The fourth-order valence-corrected chi connectivity index (χ4v) is 2.87. The van der Waals surface area contributed by atoms with Crippen LogP contribution >= 0.6 is 0 Å². The number of benzene rings is 1. The van der Waals surface area contributed by atoms with Crippen LogP contribution in [0.15, 0.2) is 45.9 Å². The van der Waals surface area contributed by atoms with Crippen molar-refractivity contribution in [3.63, 3.8) is 0 Å². The van der Waals surface area contributed by atoms with Crippen molar-refractivity contribution in [3.05, 3.63) is 47.7 Å². The van der Waals surface area contributed by atoms with E-state index in [4.69, 9.17) is 9.15 Å². The lowest BCUT2D eigenvalue weighted by Crippen LogP contribution is -2.12. The van der Waals surface area contributed by atoms with Crippen LogP contribution in [-0.4, -0.2) is 22.6 Å². The summed E-state index contributed by atoms with van der Waals surface area (Å²) >= 11 is 0. The molecule has 0 spiro atoms. The highest BCUT2D eigenvalue weighted by Gasteiger charge is 2.18. The molecule has 0 aliphatic heterocycles. The first-order chi connectivity index (χ1) is 10.0. The minimum atomic E-state index is -3.73. The Labute approximate surface area is 124 Å². The monoisotopic (exact) mass is 310 g/mol. The molecule has 6 nitrogen and oxygen atoms in total. The number of hydrogen-bond donors (Lipinski definition) is 2. The molecule has 0 aliphatic carbocycles. The van der Waals surface area contributed by atoms with Crippen molar-refractivity contribution in [2.45, 2.75) is 18.2 Å². The summed E-state index contributed by atoms with van der Waals surface area (Å²) in [5, 5.41) is 2.79. The third-order valence-electron chi connectivity index (χ3n) is 2.74. The molecule has 1 aromatic carbocycles. The number of nitrogens with one attached hydrogen (secondary N) is 2. The number of sulfonamides is 1. The van der Waals surface area contributed by atoms with Gasteiger partial charge in [0.05, 0.1) is 13.2 Å². The Morgan fingerprint density at radius 2 is 2.05 bits per heavy atom. The molecule has 0 aliphatic rings. The zero-order valence-corrected chi connectivity index (χ0v) is 12.7. The summed E-state index contributed by atoms with van der Waals surface area (Å²) in [5.41, 5.74) is 1.35. The molecule has 2 aromatic rings. The van der Waals surface area contributed by atoms with Crippen molar-refractivity contribution >= 4 is 15.7 Å². The zero-order valence-electron chi connectivity index (χ0n) is 11.9. The van der Waals surface area contributed by atoms with Crippen LogP contribution < -0.4 is 10.0 Å². The van der Waals surface area contributed by atoms with Crippen LogP contribution in [0.4, 0.5) is 5.69 Å². The highest BCUT2D eigenvalue weighted by atomic mass is 32.2. The largest absolute Gasteiger partial charge is 0.446 e. The maximum absolute atomic E-state index is 12.2. The smallest absolute Gasteiger partial charge is 0.295 e. The Balaban J connectivity index is 2.18. The van der Waals surface area contributed by atoms with E-state index in [-0.39, 0.29) is 5.09 Å². The van der Waals surface area contributed by atoms with Crippen molar-refractivity contribution in [2.75, 3.05) is 18.9 Å². The van der Waals surface area contributed by atoms with Gasteiger partial charge in [-0.15, -0.1) is 0 Å². The molecule has 0 saturated heterocycles. The third kappa shape index (κ3) is 4.07. The van der Waals surface area contributed by atoms with E-state index in [0.717, 1.165) is 5.56 Å². The predicted octanol–water partition coefficient (Wildman–Crippen LogP) is 1.95. The van der Waals surface area contributed by atoms with Gasteiger partial charge in [-0.25, -0.2) is 0 Å². The molecule has 0 bridgehead atoms. The summed E-state index contributed by atoms with van der Waals surface area (Å²) in [5.74, 6) is 0.561. The molecule has 114 valence electrons. The summed E-state index contributed by atoms with van der Waals surface area (Å²) in [6.45, 7) is 0.890. The number of hydrogen-bond acceptors (Lipinski definition) is 5. The molecule has 7 heteroatoms. The summed E-state index contributed by atoms with van der Waals surface area (Å²) in [7, 11) is -0.381. The van der Waals surface area contributed by atoms with Gasteiger partial charge in [0.15, 0.2) is 0 Å². The van der Waals surface area contributed by atoms with Crippen molar-refractivity contribution in [2.24, 2.45) is 0 Å². The van der Waals surface area contributed by atoms with Crippen molar-refractivity contribution < 1.29 is 17.6 Å². The van der Waals surface area contributed by atoms with E-state index in [1.54, 1.807) is 38.4 Å². The van der Waals surface area contributed by atoms with Crippen LogP contribution in [0.5, 0.6) is 0 Å². The first-order valence-corrected chi connectivity index (χ1v) is 7.87. The normalized spacial score (nSPS) is 11.5. The van der Waals surface area contributed by atoms with Crippen molar-refractivity contribution in [1.29, 1.82) is 0 Å². The van der Waals surface area contributed by atoms with E-state index in [1.807, 2.05) is 6.07 Å². The van der Waals surface area contributed by atoms with Gasteiger partial charge >= 0.3 is 0 Å². The van der Waals surface area contributed by atoms with E-state index in [9.17, 15) is 8.42 Å². The fourth-order valence-electron chi connectivity index (χ4n) is 1.87. The molecule has 0 unspecified atom stereocenters. The molecule has 0 saturated carbocycles. The van der Waals surface area contributed by atoms with Gasteiger partial charge < -0.3 is 14.5 Å². The van der Waals surface area contributed by atoms with Gasteiger partial charge in [0.25, 0.3) is 10.0 Å². The maximum atomic E-state index is 12.2. The third-order valence-corrected chi connectivity index (χ3v) is 4.00. The molecule has 1 aromatic heterocycles. The summed E-state index contributed by atoms with van der Waals surface area (Å²) < 4.78 is 37.3. The molecular weight excluding hydrogens is 292 g/mol. The molecule has 0 amide bonds. The number of ether oxygens (including phenoxy) is 1. The standard InChI is InChI=1S/C14H18N2O4S/c1-15-9-13-6-7-14(20-13)21(17,18)16-12-5-3-4-11(8-12)10-19-2/h3-8,15-16H,9-10H2,1-2H3.